The molecule has 1 fully saturated rings. The standard InChI is InChI=1S/C12H24N2/c1-3-9-14(10-4-2)11-12-5-7-13-8-6-12/h3,12-13H,1,4-11H2,2H3. The number of rotatable bonds is 6. The molecule has 1 rings (SSSR count). The summed E-state index contributed by atoms with van der Waals surface area (Å²) in [5.41, 5.74) is 0. The van der Waals surface area contributed by atoms with E-state index in [-0.39, 0.29) is 0 Å². The second kappa shape index (κ2) is 7.02. The molecule has 0 atom stereocenters. The second-order valence-corrected chi connectivity index (χ2v) is 4.24. The van der Waals surface area contributed by atoms with Gasteiger partial charge in [0.25, 0.3) is 0 Å². The van der Waals surface area contributed by atoms with E-state index in [1.165, 1.54) is 45.4 Å². The molecule has 2 heteroatoms. The van der Waals surface area contributed by atoms with Crippen molar-refractivity contribution >= 4 is 0 Å². The molecule has 0 spiro atoms. The van der Waals surface area contributed by atoms with Crippen LogP contribution in [-0.4, -0.2) is 37.6 Å². The zero-order chi connectivity index (χ0) is 10.2. The van der Waals surface area contributed by atoms with Crippen LogP contribution < -0.4 is 5.32 Å². The fourth-order valence-corrected chi connectivity index (χ4v) is 2.19. The van der Waals surface area contributed by atoms with Crippen molar-refractivity contribution in [3.05, 3.63) is 12.7 Å². The van der Waals surface area contributed by atoms with Gasteiger partial charge in [-0.2, -0.15) is 0 Å². The first kappa shape index (κ1) is 11.7. The molecule has 0 unspecified atom stereocenters. The number of nitrogens with one attached hydrogen (secondary N) is 1. The normalized spacial score (nSPS) is 18.7. The van der Waals surface area contributed by atoms with Gasteiger partial charge in [0.15, 0.2) is 0 Å². The van der Waals surface area contributed by atoms with Gasteiger partial charge in [0.2, 0.25) is 0 Å². The highest BCUT2D eigenvalue weighted by Crippen LogP contribution is 2.13. The van der Waals surface area contributed by atoms with Crippen LogP contribution in [0, 0.1) is 5.92 Å². The highest BCUT2D eigenvalue weighted by atomic mass is 15.1. The number of nitrogens with zero attached hydrogens (tertiary/aromatic N) is 1. The predicted octanol–water partition coefficient (Wildman–Crippen LogP) is 1.88. The molecule has 0 aromatic rings. The first-order chi connectivity index (χ1) is 6.86. The van der Waals surface area contributed by atoms with Crippen LogP contribution in [0.15, 0.2) is 12.7 Å². The molecular formula is C12H24N2. The van der Waals surface area contributed by atoms with E-state index in [1.54, 1.807) is 0 Å². The maximum Gasteiger partial charge on any atom is 0.0160 e. The molecule has 0 bridgehead atoms. The summed E-state index contributed by atoms with van der Waals surface area (Å²) in [5.74, 6) is 0.905. The average Bonchev–Trinajstić information content (AvgIpc) is 2.20. The molecule has 0 aromatic carbocycles. The highest BCUT2D eigenvalue weighted by molar-refractivity contribution is 4.77. The van der Waals surface area contributed by atoms with E-state index in [0.29, 0.717) is 0 Å². The minimum absolute atomic E-state index is 0.905. The SMILES string of the molecule is C=CCN(CCC)CC1CCNCC1. The maximum atomic E-state index is 3.82. The van der Waals surface area contributed by atoms with Crippen molar-refractivity contribution < 1.29 is 0 Å². The van der Waals surface area contributed by atoms with Crippen molar-refractivity contribution in [1.29, 1.82) is 0 Å². The van der Waals surface area contributed by atoms with Crippen molar-refractivity contribution in [2.45, 2.75) is 26.2 Å². The van der Waals surface area contributed by atoms with E-state index < -0.39 is 0 Å². The average molecular weight is 196 g/mol. The topological polar surface area (TPSA) is 15.3 Å². The Labute approximate surface area is 88.4 Å². The lowest BCUT2D eigenvalue weighted by atomic mass is 9.97. The molecule has 0 amide bonds. The molecule has 2 nitrogen and oxygen atoms in total. The number of hydrogen-bond donors (Lipinski definition) is 1. The maximum absolute atomic E-state index is 3.82. The van der Waals surface area contributed by atoms with Gasteiger partial charge in [-0.3, -0.25) is 4.90 Å². The Kier molecular flexibility index (Phi) is 5.88. The Morgan fingerprint density at radius 3 is 2.71 bits per heavy atom. The third kappa shape index (κ3) is 4.25. The van der Waals surface area contributed by atoms with Gasteiger partial charge < -0.3 is 5.32 Å². The molecular weight excluding hydrogens is 172 g/mol. The number of piperidine rings is 1. The third-order valence-electron chi connectivity index (χ3n) is 2.90. The van der Waals surface area contributed by atoms with Gasteiger partial charge in [0, 0.05) is 13.1 Å². The Hall–Kier alpha value is -0.340. The minimum Gasteiger partial charge on any atom is -0.317 e. The first-order valence-electron chi connectivity index (χ1n) is 5.90. The molecule has 14 heavy (non-hydrogen) atoms. The summed E-state index contributed by atoms with van der Waals surface area (Å²) in [4.78, 5) is 2.53. The molecule has 82 valence electrons. The fourth-order valence-electron chi connectivity index (χ4n) is 2.19. The smallest absolute Gasteiger partial charge is 0.0160 e. The zero-order valence-corrected chi connectivity index (χ0v) is 9.47. The monoisotopic (exact) mass is 196 g/mol. The van der Waals surface area contributed by atoms with E-state index >= 15 is 0 Å². The zero-order valence-electron chi connectivity index (χ0n) is 9.47. The van der Waals surface area contributed by atoms with Crippen LogP contribution in [0.3, 0.4) is 0 Å². The van der Waals surface area contributed by atoms with E-state index in [2.05, 4.69) is 23.7 Å². The second-order valence-electron chi connectivity index (χ2n) is 4.24. The Morgan fingerprint density at radius 2 is 2.14 bits per heavy atom. The van der Waals surface area contributed by atoms with Gasteiger partial charge in [0.05, 0.1) is 0 Å². The molecule has 1 aliphatic rings. The van der Waals surface area contributed by atoms with Crippen LogP contribution in [-0.2, 0) is 0 Å². The van der Waals surface area contributed by atoms with E-state index in [9.17, 15) is 0 Å². The lowest BCUT2D eigenvalue weighted by Gasteiger charge is -2.29. The van der Waals surface area contributed by atoms with Crippen LogP contribution in [0.1, 0.15) is 26.2 Å². The largest absolute Gasteiger partial charge is 0.317 e. The molecule has 1 aliphatic heterocycles. The molecule has 1 saturated heterocycles. The Balaban J connectivity index is 2.25. The summed E-state index contributed by atoms with van der Waals surface area (Å²) < 4.78 is 0. The van der Waals surface area contributed by atoms with Crippen LogP contribution in [0.25, 0.3) is 0 Å². The van der Waals surface area contributed by atoms with Crippen LogP contribution in [0.4, 0.5) is 0 Å². The van der Waals surface area contributed by atoms with Crippen molar-refractivity contribution in [2.75, 3.05) is 32.7 Å². The van der Waals surface area contributed by atoms with Gasteiger partial charge in [-0.15, -0.1) is 6.58 Å². The molecule has 0 saturated carbocycles. The van der Waals surface area contributed by atoms with Gasteiger partial charge in [-0.05, 0) is 44.8 Å². The Morgan fingerprint density at radius 1 is 1.43 bits per heavy atom. The van der Waals surface area contributed by atoms with Gasteiger partial charge in [-0.1, -0.05) is 13.0 Å². The quantitative estimate of drug-likeness (QED) is 0.653. The van der Waals surface area contributed by atoms with Gasteiger partial charge in [-0.25, -0.2) is 0 Å². The summed E-state index contributed by atoms with van der Waals surface area (Å²) >= 11 is 0. The predicted molar refractivity (Wildman–Crippen MR) is 62.5 cm³/mol. The third-order valence-corrected chi connectivity index (χ3v) is 2.90. The van der Waals surface area contributed by atoms with Crippen LogP contribution in [0.2, 0.25) is 0 Å². The van der Waals surface area contributed by atoms with Gasteiger partial charge >= 0.3 is 0 Å². The first-order valence-corrected chi connectivity index (χ1v) is 5.90. The van der Waals surface area contributed by atoms with Crippen molar-refractivity contribution in [1.82, 2.24) is 10.2 Å². The minimum atomic E-state index is 0.905. The summed E-state index contributed by atoms with van der Waals surface area (Å²) in [6.45, 7) is 12.0. The van der Waals surface area contributed by atoms with E-state index in [0.717, 1.165) is 12.5 Å². The molecule has 0 aliphatic carbocycles. The van der Waals surface area contributed by atoms with Crippen molar-refractivity contribution in [3.8, 4) is 0 Å². The highest BCUT2D eigenvalue weighted by Gasteiger charge is 2.15. The van der Waals surface area contributed by atoms with Crippen molar-refractivity contribution in [2.24, 2.45) is 5.92 Å². The lowest BCUT2D eigenvalue weighted by molar-refractivity contribution is 0.222. The van der Waals surface area contributed by atoms with Crippen LogP contribution >= 0.6 is 0 Å². The summed E-state index contributed by atoms with van der Waals surface area (Å²) in [6.07, 6.45) is 5.96. The molecule has 1 N–H and O–H groups in total. The Bertz CT molecular complexity index is 150. The summed E-state index contributed by atoms with van der Waals surface area (Å²) in [6, 6.07) is 0. The summed E-state index contributed by atoms with van der Waals surface area (Å²) in [5, 5.41) is 3.41. The van der Waals surface area contributed by atoms with Crippen molar-refractivity contribution in [3.63, 3.8) is 0 Å². The molecule has 0 aromatic heterocycles. The fraction of sp³-hybridized carbons (Fsp3) is 0.833. The molecule has 1 heterocycles. The van der Waals surface area contributed by atoms with Crippen LogP contribution in [0.5, 0.6) is 0 Å². The van der Waals surface area contributed by atoms with E-state index in [1.807, 2.05) is 6.08 Å². The summed E-state index contributed by atoms with van der Waals surface area (Å²) in [7, 11) is 0. The van der Waals surface area contributed by atoms with E-state index in [4.69, 9.17) is 0 Å². The molecule has 0 radical (unpaired) electrons. The van der Waals surface area contributed by atoms with Gasteiger partial charge in [0.1, 0.15) is 0 Å². The lowest BCUT2D eigenvalue weighted by Crippen LogP contribution is -2.36. The number of hydrogen-bond acceptors (Lipinski definition) is 2.